The number of rotatable bonds is 7. The van der Waals surface area contributed by atoms with Crippen molar-refractivity contribution in [3.63, 3.8) is 0 Å². The van der Waals surface area contributed by atoms with Crippen molar-refractivity contribution in [3.8, 4) is 5.75 Å². The maximum absolute atomic E-state index is 12.2. The summed E-state index contributed by atoms with van der Waals surface area (Å²) in [5.41, 5.74) is 1.59. The maximum Gasteiger partial charge on any atom is 0.300 e. The molecule has 0 unspecified atom stereocenters. The molecule has 7 heteroatoms. The molecule has 0 saturated heterocycles. The summed E-state index contributed by atoms with van der Waals surface area (Å²) in [5, 5.41) is 0. The van der Waals surface area contributed by atoms with Crippen LogP contribution < -0.4 is 4.74 Å². The van der Waals surface area contributed by atoms with Gasteiger partial charge in [-0.05, 0) is 31.0 Å². The quantitative estimate of drug-likeness (QED) is 0.794. The molecule has 1 aromatic heterocycles. The number of nitrogens with one attached hydrogen (secondary N) is 1. The largest absolute Gasteiger partial charge is 0.486 e. The summed E-state index contributed by atoms with van der Waals surface area (Å²) in [7, 11) is -3.81. The van der Waals surface area contributed by atoms with Gasteiger partial charge in [0.2, 0.25) is 0 Å². The second-order valence-electron chi connectivity index (χ2n) is 4.58. The Bertz CT molecular complexity index is 681. The summed E-state index contributed by atoms with van der Waals surface area (Å²) >= 11 is 0. The molecule has 6 nitrogen and oxygen atoms in total. The first kappa shape index (κ1) is 15.5. The average molecular weight is 310 g/mol. The zero-order valence-electron chi connectivity index (χ0n) is 12.0. The molecular formula is C14H18N2O4S. The number of H-pyrrole nitrogens is 1. The highest BCUT2D eigenvalue weighted by atomic mass is 32.2. The second-order valence-corrected chi connectivity index (χ2v) is 6.16. The van der Waals surface area contributed by atoms with Gasteiger partial charge < -0.3 is 9.72 Å². The summed E-state index contributed by atoms with van der Waals surface area (Å²) in [4.78, 5) is 6.89. The van der Waals surface area contributed by atoms with Crippen molar-refractivity contribution in [1.29, 1.82) is 0 Å². The van der Waals surface area contributed by atoms with Crippen LogP contribution in [0.1, 0.15) is 24.6 Å². The van der Waals surface area contributed by atoms with Crippen molar-refractivity contribution >= 4 is 10.1 Å². The monoisotopic (exact) mass is 310 g/mol. The summed E-state index contributed by atoms with van der Waals surface area (Å²) in [6, 6.07) is 4.89. The van der Waals surface area contributed by atoms with Crippen LogP contribution in [0.3, 0.4) is 0 Å². The van der Waals surface area contributed by atoms with Crippen LogP contribution in [-0.2, 0) is 20.9 Å². The number of aromatic nitrogens is 2. The summed E-state index contributed by atoms with van der Waals surface area (Å²) in [5.74, 6) is 0.272. The molecule has 0 saturated carbocycles. The molecule has 0 aliphatic rings. The van der Waals surface area contributed by atoms with E-state index in [1.165, 1.54) is 12.4 Å². The van der Waals surface area contributed by atoms with Crippen LogP contribution in [0.4, 0.5) is 0 Å². The lowest BCUT2D eigenvalue weighted by molar-refractivity contribution is 0.285. The third-order valence-corrected chi connectivity index (χ3v) is 4.09. The fraction of sp³-hybridized carbons (Fsp3) is 0.357. The number of aromatic amines is 1. The van der Waals surface area contributed by atoms with Crippen LogP contribution in [0.25, 0.3) is 0 Å². The Morgan fingerprint density at radius 1 is 1.33 bits per heavy atom. The number of hydrogen-bond donors (Lipinski definition) is 1. The summed E-state index contributed by atoms with van der Waals surface area (Å²) < 4.78 is 34.9. The molecule has 0 fully saturated rings. The van der Waals surface area contributed by atoms with Crippen molar-refractivity contribution in [2.45, 2.75) is 31.8 Å². The van der Waals surface area contributed by atoms with E-state index in [9.17, 15) is 8.42 Å². The van der Waals surface area contributed by atoms with Crippen molar-refractivity contribution in [2.24, 2.45) is 0 Å². The van der Waals surface area contributed by atoms with E-state index in [2.05, 4.69) is 9.97 Å². The van der Waals surface area contributed by atoms with E-state index in [4.69, 9.17) is 8.92 Å². The fourth-order valence-corrected chi connectivity index (χ4v) is 2.82. The minimum atomic E-state index is -3.81. The van der Waals surface area contributed by atoms with Crippen LogP contribution in [0.2, 0.25) is 0 Å². The molecule has 1 N–H and O–H groups in total. The second kappa shape index (κ2) is 6.73. The molecule has 2 aromatic rings. The van der Waals surface area contributed by atoms with Crippen LogP contribution in [-0.4, -0.2) is 25.0 Å². The lowest BCUT2D eigenvalue weighted by atomic mass is 10.2. The SMILES string of the molecule is CCCOS(=O)(=O)c1ccc(C)cc1OCc1c[nH]cn1. The van der Waals surface area contributed by atoms with Gasteiger partial charge in [0.1, 0.15) is 17.3 Å². The Kier molecular flexibility index (Phi) is 4.98. The van der Waals surface area contributed by atoms with E-state index in [1.54, 1.807) is 18.3 Å². The van der Waals surface area contributed by atoms with Crippen LogP contribution >= 0.6 is 0 Å². The number of aryl methyl sites for hydroxylation is 1. The van der Waals surface area contributed by atoms with Crippen molar-refractivity contribution in [2.75, 3.05) is 6.61 Å². The van der Waals surface area contributed by atoms with Gasteiger partial charge in [0.25, 0.3) is 0 Å². The topological polar surface area (TPSA) is 81.3 Å². The van der Waals surface area contributed by atoms with Gasteiger partial charge in [-0.3, -0.25) is 4.18 Å². The first-order valence-electron chi connectivity index (χ1n) is 6.63. The van der Waals surface area contributed by atoms with Gasteiger partial charge in [0.05, 0.1) is 18.6 Å². The van der Waals surface area contributed by atoms with E-state index < -0.39 is 10.1 Å². The highest BCUT2D eigenvalue weighted by Crippen LogP contribution is 2.27. The van der Waals surface area contributed by atoms with E-state index >= 15 is 0 Å². The minimum Gasteiger partial charge on any atom is -0.486 e. The van der Waals surface area contributed by atoms with Gasteiger partial charge in [-0.2, -0.15) is 8.42 Å². The third-order valence-electron chi connectivity index (χ3n) is 2.74. The zero-order chi connectivity index (χ0) is 15.3. The normalized spacial score (nSPS) is 11.5. The van der Waals surface area contributed by atoms with E-state index in [1.807, 2.05) is 13.8 Å². The Labute approximate surface area is 124 Å². The zero-order valence-corrected chi connectivity index (χ0v) is 12.8. The molecule has 0 radical (unpaired) electrons. The van der Waals surface area contributed by atoms with E-state index in [0.717, 1.165) is 5.56 Å². The molecule has 0 aliphatic heterocycles. The van der Waals surface area contributed by atoms with Gasteiger partial charge in [-0.15, -0.1) is 0 Å². The average Bonchev–Trinajstić information content (AvgIpc) is 2.96. The molecule has 0 aliphatic carbocycles. The number of benzene rings is 1. The maximum atomic E-state index is 12.2. The molecule has 21 heavy (non-hydrogen) atoms. The van der Waals surface area contributed by atoms with E-state index in [0.29, 0.717) is 12.1 Å². The smallest absolute Gasteiger partial charge is 0.300 e. The van der Waals surface area contributed by atoms with Crippen LogP contribution in [0.5, 0.6) is 5.75 Å². The Hall–Kier alpha value is -1.86. The molecule has 1 heterocycles. The molecule has 0 atom stereocenters. The lowest BCUT2D eigenvalue weighted by Crippen LogP contribution is -2.10. The first-order chi connectivity index (χ1) is 10.0. The minimum absolute atomic E-state index is 0.0390. The number of hydrogen-bond acceptors (Lipinski definition) is 5. The predicted molar refractivity (Wildman–Crippen MR) is 77.5 cm³/mol. The standard InChI is InChI=1S/C14H18N2O4S/c1-3-6-20-21(17,18)14-5-4-11(2)7-13(14)19-9-12-8-15-10-16-12/h4-5,7-8,10H,3,6,9H2,1-2H3,(H,15,16). The van der Waals surface area contributed by atoms with Gasteiger partial charge in [-0.25, -0.2) is 4.98 Å². The Balaban J connectivity index is 2.24. The molecule has 0 bridgehead atoms. The molecule has 0 spiro atoms. The highest BCUT2D eigenvalue weighted by Gasteiger charge is 2.20. The molecule has 0 amide bonds. The number of nitrogens with zero attached hydrogens (tertiary/aromatic N) is 1. The third kappa shape index (κ3) is 4.05. The lowest BCUT2D eigenvalue weighted by Gasteiger charge is -2.12. The predicted octanol–water partition coefficient (Wildman–Crippen LogP) is 2.41. The van der Waals surface area contributed by atoms with Crippen molar-refractivity contribution in [3.05, 3.63) is 42.0 Å². The first-order valence-corrected chi connectivity index (χ1v) is 8.04. The number of ether oxygens (including phenoxy) is 1. The molecular weight excluding hydrogens is 292 g/mol. The van der Waals surface area contributed by atoms with Gasteiger partial charge in [0.15, 0.2) is 0 Å². The molecule has 114 valence electrons. The van der Waals surface area contributed by atoms with Crippen molar-refractivity contribution < 1.29 is 17.3 Å². The highest BCUT2D eigenvalue weighted by molar-refractivity contribution is 7.86. The Morgan fingerprint density at radius 3 is 2.81 bits per heavy atom. The van der Waals surface area contributed by atoms with Gasteiger partial charge in [0, 0.05) is 6.20 Å². The summed E-state index contributed by atoms with van der Waals surface area (Å²) in [6.45, 7) is 4.04. The molecule has 2 rings (SSSR count). The van der Waals surface area contributed by atoms with Crippen LogP contribution in [0, 0.1) is 6.92 Å². The van der Waals surface area contributed by atoms with E-state index in [-0.39, 0.29) is 23.9 Å². The fourth-order valence-electron chi connectivity index (χ4n) is 1.71. The summed E-state index contributed by atoms with van der Waals surface area (Å²) in [6.07, 6.45) is 3.85. The van der Waals surface area contributed by atoms with Gasteiger partial charge in [-0.1, -0.05) is 13.0 Å². The molecule has 1 aromatic carbocycles. The van der Waals surface area contributed by atoms with Crippen LogP contribution in [0.15, 0.2) is 35.6 Å². The number of imidazole rings is 1. The Morgan fingerprint density at radius 2 is 2.14 bits per heavy atom. The van der Waals surface area contributed by atoms with Crippen molar-refractivity contribution in [1.82, 2.24) is 9.97 Å². The van der Waals surface area contributed by atoms with Gasteiger partial charge >= 0.3 is 10.1 Å².